The first kappa shape index (κ1) is 76.9. The molecule has 0 spiro atoms. The molecule has 9 aromatic rings. The Labute approximate surface area is 610 Å². The Morgan fingerprint density at radius 2 is 0.816 bits per heavy atom. The number of aldehydes is 1. The lowest BCUT2D eigenvalue weighted by Gasteiger charge is -2.32. The molecule has 3 aliphatic rings. The van der Waals surface area contributed by atoms with Crippen LogP contribution >= 0.6 is 0 Å². The van der Waals surface area contributed by atoms with Crippen molar-refractivity contribution in [2.45, 2.75) is 143 Å². The summed E-state index contributed by atoms with van der Waals surface area (Å²) in [5.74, 6) is 5.01. The van der Waals surface area contributed by atoms with Crippen LogP contribution in [0.4, 0.5) is 17.1 Å². The van der Waals surface area contributed by atoms with Crippen molar-refractivity contribution >= 4 is 35.2 Å². The number of nitrogens with zero attached hydrogens (tertiary/aromatic N) is 2. The zero-order chi connectivity index (χ0) is 73.2. The fraction of sp³-hybridized carbons (Fsp3) is 0.352. The van der Waals surface area contributed by atoms with Gasteiger partial charge < -0.3 is 61.0 Å². The molecule has 0 saturated heterocycles. The summed E-state index contributed by atoms with van der Waals surface area (Å²) in [7, 11) is 5.11. The van der Waals surface area contributed by atoms with Crippen LogP contribution in [0.25, 0.3) is 0 Å². The Hall–Kier alpha value is -10.3. The Balaban J connectivity index is 0.000000168. The van der Waals surface area contributed by atoms with E-state index in [1.165, 1.54) is 78.1 Å². The monoisotopic (exact) mass is 1390 g/mol. The fourth-order valence-corrected chi connectivity index (χ4v) is 14.4. The highest BCUT2D eigenvalue weighted by Crippen LogP contribution is 2.43. The van der Waals surface area contributed by atoms with Gasteiger partial charge in [-0.25, -0.2) is 0 Å². The number of methoxy groups -OCH3 is 3. The number of nitrogens with one attached hydrogen (secondary N) is 3. The van der Waals surface area contributed by atoms with Crippen molar-refractivity contribution in [3.63, 3.8) is 0 Å². The van der Waals surface area contributed by atoms with E-state index in [1.54, 1.807) is 57.7 Å². The van der Waals surface area contributed by atoms with Crippen LogP contribution in [0, 0.1) is 0 Å². The quantitative estimate of drug-likeness (QED) is 0.0162. The van der Waals surface area contributed by atoms with Crippen LogP contribution in [-0.2, 0) is 80.5 Å². The van der Waals surface area contributed by atoms with E-state index < -0.39 is 0 Å². The second-order valence-electron chi connectivity index (χ2n) is 26.9. The van der Waals surface area contributed by atoms with Gasteiger partial charge in [-0.1, -0.05) is 116 Å². The Kier molecular flexibility index (Phi) is 28.9. The van der Waals surface area contributed by atoms with Gasteiger partial charge in [0.05, 0.1) is 34.2 Å². The van der Waals surface area contributed by atoms with Gasteiger partial charge in [0.2, 0.25) is 11.8 Å². The number of carbonyl (C=O) groups is 3. The molecule has 0 bridgehead atoms. The maximum atomic E-state index is 11.9. The van der Waals surface area contributed by atoms with Gasteiger partial charge >= 0.3 is 0 Å². The van der Waals surface area contributed by atoms with E-state index in [0.717, 1.165) is 144 Å². The number of hydrogen-bond acceptors (Lipinski definition) is 13. The van der Waals surface area contributed by atoms with E-state index in [9.17, 15) is 29.7 Å². The number of nitrogen functional groups attached to an aromatic ring is 1. The Bertz CT molecular complexity index is 4220. The van der Waals surface area contributed by atoms with Crippen molar-refractivity contribution in [1.29, 1.82) is 0 Å². The number of rotatable bonds is 25. The molecule has 542 valence electrons. The number of anilines is 3. The molecule has 3 atom stereocenters. The second-order valence-corrected chi connectivity index (χ2v) is 26.9. The number of amides is 2. The number of benzene rings is 9. The Morgan fingerprint density at radius 3 is 1.18 bits per heavy atom. The molecular formula is C88H106N6O9. The van der Waals surface area contributed by atoms with Crippen molar-refractivity contribution in [2.24, 2.45) is 0 Å². The van der Waals surface area contributed by atoms with Crippen LogP contribution in [0.15, 0.2) is 182 Å². The molecule has 103 heavy (non-hydrogen) atoms. The summed E-state index contributed by atoms with van der Waals surface area (Å²) >= 11 is 0. The first-order chi connectivity index (χ1) is 50.0. The minimum atomic E-state index is 0.00588. The summed E-state index contributed by atoms with van der Waals surface area (Å²) in [5.41, 5.74) is 27.7. The van der Waals surface area contributed by atoms with E-state index in [0.29, 0.717) is 66.5 Å². The summed E-state index contributed by atoms with van der Waals surface area (Å²) in [4.78, 5) is 38.3. The van der Waals surface area contributed by atoms with Crippen molar-refractivity contribution in [3.05, 3.63) is 265 Å². The van der Waals surface area contributed by atoms with Crippen molar-refractivity contribution in [2.75, 3.05) is 76.1 Å². The third-order valence-corrected chi connectivity index (χ3v) is 20.0. The number of likely N-dealkylation sites (N-methyl/N-ethyl adjacent to an activating group) is 3. The highest BCUT2D eigenvalue weighted by Gasteiger charge is 2.28. The largest absolute Gasteiger partial charge is 0.508 e. The molecule has 15 heteroatoms. The topological polar surface area (TPSA) is 208 Å². The molecule has 0 aromatic heterocycles. The van der Waals surface area contributed by atoms with Gasteiger partial charge in [0.25, 0.3) is 0 Å². The summed E-state index contributed by atoms with van der Waals surface area (Å²) < 4.78 is 16.4. The third-order valence-electron chi connectivity index (χ3n) is 20.0. The summed E-state index contributed by atoms with van der Waals surface area (Å²) in [6.45, 7) is 17.2. The minimum absolute atomic E-state index is 0.00588. The van der Waals surface area contributed by atoms with E-state index in [2.05, 4.69) is 150 Å². The number of carbonyl (C=O) groups excluding carboxylic acids is 3. The highest BCUT2D eigenvalue weighted by atomic mass is 16.5. The highest BCUT2D eigenvalue weighted by molar-refractivity contribution is 5.80. The standard InChI is InChI=1S/C30H36N2O3.C30H38N2O2.C17H19NO2.C11H13NO2/c1-4-31-30(34)16-21-6-8-22(9-7-21)20-32(5-2)29-19-27(35-3)14-15-28(29)25-11-10-24-18-26(33)13-12-23(24)17-25;1-4-31-17-16-22-6-8-23(9-7-22)21-32(5-2)30-20-28(34-3)14-15-29(30)26-11-10-25-19-27(33)13-12-24(25)18-26;1-20-15-6-7-16(17(18)10-15)13-3-2-12-9-14(19)5-4-11(12)8-13;1-2-12-11(14)7-9-3-5-10(8-13)6-4-9/h6-9,12-15,18-19,25,33H,4-5,10-11,16-17,20H2,1-3H3,(H,31,34);6-9,12-15,19-20,26,31,33H,4-5,10-11,16-18,21H2,1-3H3;4-7,9-10,13,19H,2-3,8,18H2,1H3;3-6,8H,2,7H2,1H3,(H,12,14)/t25-;26-;13-;/m111./s1. The normalized spacial score (nSPS) is 14.7. The molecule has 8 N–H and O–H groups in total. The number of hydrogen-bond donors (Lipinski definition) is 7. The number of phenolic OH excluding ortho intramolecular Hbond substituents is 3. The van der Waals surface area contributed by atoms with Crippen molar-refractivity contribution in [1.82, 2.24) is 16.0 Å². The molecule has 3 aliphatic carbocycles. The SMILES string of the molecule is CCNC(=O)Cc1ccc(C=O)cc1.CCNC(=O)Cc1ccc(CN(CC)c2cc(OC)ccc2[C@@H]2CCc3cc(O)ccc3C2)cc1.CCNCCc1ccc(CN(CC)c2cc(OC)ccc2[C@@H]2CCc3cc(O)ccc3C2)cc1.COc1ccc([C@@H]2CCc3cc(O)ccc3C2)c(N)c1. The van der Waals surface area contributed by atoms with E-state index >= 15 is 0 Å². The number of phenols is 3. The summed E-state index contributed by atoms with van der Waals surface area (Å²) in [6, 6.07) is 60.7. The lowest BCUT2D eigenvalue weighted by molar-refractivity contribution is -0.121. The van der Waals surface area contributed by atoms with Crippen molar-refractivity contribution < 1.29 is 43.9 Å². The molecule has 0 aliphatic heterocycles. The molecule has 9 aromatic carbocycles. The van der Waals surface area contributed by atoms with Gasteiger partial charge in [-0.15, -0.1) is 0 Å². The summed E-state index contributed by atoms with van der Waals surface area (Å²) in [5, 5.41) is 38.2. The molecule has 0 unspecified atom stereocenters. The molecule has 0 radical (unpaired) electrons. The molecule has 15 nitrogen and oxygen atoms in total. The lowest BCUT2D eigenvalue weighted by Crippen LogP contribution is -2.25. The van der Waals surface area contributed by atoms with Gasteiger partial charge in [-0.3, -0.25) is 14.4 Å². The number of ether oxygens (including phenoxy) is 3. The average Bonchev–Trinajstić information content (AvgIpc) is 0.796. The van der Waals surface area contributed by atoms with E-state index in [4.69, 9.17) is 19.9 Å². The van der Waals surface area contributed by atoms with Crippen LogP contribution in [0.3, 0.4) is 0 Å². The zero-order valence-corrected chi connectivity index (χ0v) is 61.5. The Morgan fingerprint density at radius 1 is 0.447 bits per heavy atom. The number of aromatic hydroxyl groups is 3. The van der Waals surface area contributed by atoms with Gasteiger partial charge in [-0.2, -0.15) is 0 Å². The summed E-state index contributed by atoms with van der Waals surface area (Å²) in [6.07, 6.45) is 11.8. The maximum absolute atomic E-state index is 11.9. The molecule has 0 fully saturated rings. The minimum Gasteiger partial charge on any atom is -0.508 e. The molecule has 12 rings (SSSR count). The predicted octanol–water partition coefficient (Wildman–Crippen LogP) is 15.7. The lowest BCUT2D eigenvalue weighted by atomic mass is 9.79. The van der Waals surface area contributed by atoms with Crippen LogP contribution in [0.5, 0.6) is 34.5 Å². The van der Waals surface area contributed by atoms with Gasteiger partial charge in [-0.05, 0) is 255 Å². The maximum Gasteiger partial charge on any atom is 0.224 e. The first-order valence-corrected chi connectivity index (χ1v) is 36.7. The average molecular weight is 1390 g/mol. The smallest absolute Gasteiger partial charge is 0.224 e. The van der Waals surface area contributed by atoms with Gasteiger partial charge in [0.1, 0.15) is 40.8 Å². The van der Waals surface area contributed by atoms with Crippen LogP contribution in [0.2, 0.25) is 0 Å². The van der Waals surface area contributed by atoms with Gasteiger partial charge in [0, 0.05) is 80.1 Å². The number of nitrogens with two attached hydrogens (primary N) is 1. The second kappa shape index (κ2) is 38.7. The van der Waals surface area contributed by atoms with Crippen LogP contribution < -0.4 is 45.7 Å². The van der Waals surface area contributed by atoms with E-state index in [1.807, 2.05) is 56.3 Å². The van der Waals surface area contributed by atoms with Crippen molar-refractivity contribution in [3.8, 4) is 34.5 Å². The number of aryl methyl sites for hydroxylation is 3. The number of fused-ring (bicyclic) bond motifs is 3. The van der Waals surface area contributed by atoms with Crippen LogP contribution in [-0.4, -0.2) is 94.0 Å². The molecule has 0 saturated carbocycles. The first-order valence-electron chi connectivity index (χ1n) is 36.7. The van der Waals surface area contributed by atoms with Gasteiger partial charge in [0.15, 0.2) is 0 Å². The van der Waals surface area contributed by atoms with Crippen LogP contribution in [0.1, 0.15) is 160 Å². The molecule has 2 amide bonds. The fourth-order valence-electron chi connectivity index (χ4n) is 14.4. The van der Waals surface area contributed by atoms with E-state index in [-0.39, 0.29) is 11.8 Å². The molecule has 0 heterocycles. The third kappa shape index (κ3) is 21.9. The molecular weight excluding hydrogens is 1290 g/mol. The predicted molar refractivity (Wildman–Crippen MR) is 417 cm³/mol. The zero-order valence-electron chi connectivity index (χ0n) is 61.5.